The first-order valence-electron chi connectivity index (χ1n) is 4.21. The highest BCUT2D eigenvalue weighted by Crippen LogP contribution is 2.19. The molecular formula is C10H13NO. The van der Waals surface area contributed by atoms with Crippen molar-refractivity contribution in [1.29, 1.82) is 0 Å². The Hall–Kier alpha value is -1.31. The van der Waals surface area contributed by atoms with E-state index >= 15 is 0 Å². The van der Waals surface area contributed by atoms with Crippen molar-refractivity contribution in [1.82, 2.24) is 0 Å². The number of hydrogen-bond donors (Lipinski definition) is 0. The van der Waals surface area contributed by atoms with Crippen molar-refractivity contribution >= 4 is 6.40 Å². The van der Waals surface area contributed by atoms with Crippen LogP contribution in [0.4, 0.5) is 0 Å². The van der Waals surface area contributed by atoms with Crippen LogP contribution < -0.4 is 0 Å². The maximum absolute atomic E-state index is 5.11. The van der Waals surface area contributed by atoms with E-state index in [0.717, 1.165) is 17.9 Å². The Kier molecular flexibility index (Phi) is 3.33. The molecular weight excluding hydrogens is 150 g/mol. The Morgan fingerprint density at radius 3 is 2.83 bits per heavy atom. The Labute approximate surface area is 73.0 Å². The van der Waals surface area contributed by atoms with Gasteiger partial charge in [0, 0.05) is 6.42 Å². The highest BCUT2D eigenvalue weighted by atomic mass is 16.5. The predicted octanol–water partition coefficient (Wildman–Crippen LogP) is 2.80. The van der Waals surface area contributed by atoms with Crippen molar-refractivity contribution in [3.05, 3.63) is 35.8 Å². The molecule has 0 saturated carbocycles. The number of fused-ring (bicyclic) bond motifs is 2. The van der Waals surface area contributed by atoms with E-state index in [-0.39, 0.29) is 0 Å². The van der Waals surface area contributed by atoms with E-state index in [1.165, 1.54) is 6.40 Å². The predicted molar refractivity (Wildman–Crippen MR) is 50.8 cm³/mol. The van der Waals surface area contributed by atoms with Gasteiger partial charge in [0.1, 0.15) is 5.76 Å². The van der Waals surface area contributed by atoms with Gasteiger partial charge in [-0.05, 0) is 12.2 Å². The largest absolute Gasteiger partial charge is 0.450 e. The molecule has 0 aromatic rings. The first-order chi connectivity index (χ1) is 5.95. The second kappa shape index (κ2) is 4.54. The van der Waals surface area contributed by atoms with Gasteiger partial charge in [-0.15, -0.1) is 0 Å². The lowest BCUT2D eigenvalue weighted by molar-refractivity contribution is 0.407. The maximum atomic E-state index is 5.11. The summed E-state index contributed by atoms with van der Waals surface area (Å²) in [4.78, 5) is 4.03. The van der Waals surface area contributed by atoms with Gasteiger partial charge in [-0.25, -0.2) is 4.99 Å². The van der Waals surface area contributed by atoms with E-state index in [0.29, 0.717) is 0 Å². The van der Waals surface area contributed by atoms with Crippen LogP contribution in [0.2, 0.25) is 0 Å². The molecule has 0 spiro atoms. The zero-order valence-corrected chi connectivity index (χ0v) is 7.45. The first-order valence-corrected chi connectivity index (χ1v) is 4.21. The van der Waals surface area contributed by atoms with Crippen molar-refractivity contribution in [2.45, 2.75) is 20.3 Å². The normalized spacial score (nSPS) is 17.8. The lowest BCUT2D eigenvalue weighted by Gasteiger charge is -2.08. The Morgan fingerprint density at radius 1 is 1.25 bits per heavy atom. The fourth-order valence-corrected chi connectivity index (χ4v) is 0.957. The number of rotatable bonds is 0. The van der Waals surface area contributed by atoms with Crippen LogP contribution in [-0.4, -0.2) is 6.40 Å². The van der Waals surface area contributed by atoms with Crippen molar-refractivity contribution in [3.63, 3.8) is 0 Å². The molecule has 0 radical (unpaired) electrons. The molecule has 1 aliphatic carbocycles. The van der Waals surface area contributed by atoms with Crippen LogP contribution in [0.1, 0.15) is 20.3 Å². The van der Waals surface area contributed by atoms with Gasteiger partial charge in [-0.1, -0.05) is 26.0 Å². The first kappa shape index (κ1) is 8.78. The van der Waals surface area contributed by atoms with Crippen LogP contribution in [-0.2, 0) is 4.74 Å². The average molecular weight is 163 g/mol. The molecule has 2 bridgehead atoms. The second-order valence-corrected chi connectivity index (χ2v) is 2.21. The lowest BCUT2D eigenvalue weighted by Crippen LogP contribution is -1.97. The summed E-state index contributed by atoms with van der Waals surface area (Å²) in [6.07, 6.45) is 10.2. The van der Waals surface area contributed by atoms with Crippen LogP contribution in [0, 0.1) is 0 Å². The molecule has 2 nitrogen and oxygen atoms in total. The molecule has 12 heavy (non-hydrogen) atoms. The highest BCUT2D eigenvalue weighted by Gasteiger charge is 2.06. The Balaban J connectivity index is 0.000000336. The molecule has 0 N–H and O–H groups in total. The van der Waals surface area contributed by atoms with Gasteiger partial charge in [0.25, 0.3) is 0 Å². The summed E-state index contributed by atoms with van der Waals surface area (Å²) < 4.78 is 5.11. The molecule has 2 heteroatoms. The van der Waals surface area contributed by atoms with E-state index in [9.17, 15) is 0 Å². The van der Waals surface area contributed by atoms with Gasteiger partial charge >= 0.3 is 0 Å². The SMILES string of the molecule is C1=CC=C2CC(=C1)N=CO2.CC. The van der Waals surface area contributed by atoms with Crippen LogP contribution in [0.25, 0.3) is 0 Å². The molecule has 0 unspecified atom stereocenters. The Bertz CT molecular complexity index is 259. The van der Waals surface area contributed by atoms with Crippen LogP contribution in [0.5, 0.6) is 0 Å². The third kappa shape index (κ3) is 2.09. The lowest BCUT2D eigenvalue weighted by atomic mass is 10.2. The summed E-state index contributed by atoms with van der Waals surface area (Å²) >= 11 is 0. The summed E-state index contributed by atoms with van der Waals surface area (Å²) in [6, 6.07) is 0. The molecule has 0 atom stereocenters. The van der Waals surface area contributed by atoms with Crippen LogP contribution in [0.3, 0.4) is 0 Å². The van der Waals surface area contributed by atoms with Gasteiger partial charge in [0.2, 0.25) is 0 Å². The van der Waals surface area contributed by atoms with Gasteiger partial charge < -0.3 is 4.74 Å². The van der Waals surface area contributed by atoms with Crippen LogP contribution >= 0.6 is 0 Å². The summed E-state index contributed by atoms with van der Waals surface area (Å²) in [6.45, 7) is 4.00. The van der Waals surface area contributed by atoms with Gasteiger partial charge in [-0.2, -0.15) is 0 Å². The van der Waals surface area contributed by atoms with E-state index < -0.39 is 0 Å². The molecule has 0 aromatic heterocycles. The van der Waals surface area contributed by atoms with Crippen molar-refractivity contribution in [2.75, 3.05) is 0 Å². The van der Waals surface area contributed by atoms with E-state index in [2.05, 4.69) is 4.99 Å². The number of nitrogens with zero attached hydrogens (tertiary/aromatic N) is 1. The third-order valence-electron chi connectivity index (χ3n) is 1.46. The molecule has 0 amide bonds. The topological polar surface area (TPSA) is 21.6 Å². The molecule has 64 valence electrons. The highest BCUT2D eigenvalue weighted by molar-refractivity contribution is 5.54. The number of allylic oxidation sites excluding steroid dienone is 4. The molecule has 0 saturated heterocycles. The van der Waals surface area contributed by atoms with Gasteiger partial charge in [0.15, 0.2) is 6.40 Å². The average Bonchev–Trinajstić information content (AvgIpc) is 2.31. The summed E-state index contributed by atoms with van der Waals surface area (Å²) in [5.41, 5.74) is 1.06. The van der Waals surface area contributed by atoms with Crippen molar-refractivity contribution in [2.24, 2.45) is 4.99 Å². The molecule has 1 heterocycles. The minimum absolute atomic E-state index is 0.823. The standard InChI is InChI=1S/C8H7NO.C2H6/c1-2-4-8-5-7(3-1)9-6-10-8;1-2/h1-4,6H,5H2;1-2H3. The third-order valence-corrected chi connectivity index (χ3v) is 1.46. The summed E-state index contributed by atoms with van der Waals surface area (Å²) in [5, 5.41) is 0. The van der Waals surface area contributed by atoms with Crippen molar-refractivity contribution < 1.29 is 4.74 Å². The fraction of sp³-hybridized carbons (Fsp3) is 0.300. The minimum Gasteiger partial charge on any atom is -0.450 e. The summed E-state index contributed by atoms with van der Waals surface area (Å²) in [5.74, 6) is 0.968. The molecule has 2 aliphatic rings. The van der Waals surface area contributed by atoms with E-state index in [1.807, 2.05) is 38.2 Å². The Morgan fingerprint density at radius 2 is 2.00 bits per heavy atom. The molecule has 0 fully saturated rings. The quantitative estimate of drug-likeness (QED) is 0.538. The molecule has 1 aliphatic heterocycles. The van der Waals surface area contributed by atoms with E-state index in [1.54, 1.807) is 0 Å². The van der Waals surface area contributed by atoms with Gasteiger partial charge in [-0.3, -0.25) is 0 Å². The maximum Gasteiger partial charge on any atom is 0.180 e. The fourth-order valence-electron chi connectivity index (χ4n) is 0.957. The number of ether oxygens (including phenoxy) is 1. The van der Waals surface area contributed by atoms with E-state index in [4.69, 9.17) is 4.74 Å². The van der Waals surface area contributed by atoms with Crippen LogP contribution in [0.15, 0.2) is 40.8 Å². The zero-order valence-electron chi connectivity index (χ0n) is 7.45. The molecule has 2 rings (SSSR count). The minimum atomic E-state index is 0.823. The number of aliphatic imine (C=N–C) groups is 1. The smallest absolute Gasteiger partial charge is 0.180 e. The van der Waals surface area contributed by atoms with Gasteiger partial charge in [0.05, 0.1) is 5.70 Å². The van der Waals surface area contributed by atoms with Crippen molar-refractivity contribution in [3.8, 4) is 0 Å². The second-order valence-electron chi connectivity index (χ2n) is 2.21. The summed E-state index contributed by atoms with van der Waals surface area (Å²) in [7, 11) is 0. The monoisotopic (exact) mass is 163 g/mol. The zero-order chi connectivity index (χ0) is 8.81. The number of hydrogen-bond acceptors (Lipinski definition) is 2. The molecule has 0 aromatic carbocycles.